The molecule has 0 N–H and O–H groups in total. The molecule has 0 amide bonds. The quantitative estimate of drug-likeness (QED) is 0.547. The Morgan fingerprint density at radius 3 is 2.40 bits per heavy atom. The van der Waals surface area contributed by atoms with Crippen molar-refractivity contribution in [1.82, 2.24) is 0 Å². The van der Waals surface area contributed by atoms with Crippen LogP contribution < -0.4 is 0 Å². The Bertz CT molecular complexity index is 82.0. The van der Waals surface area contributed by atoms with E-state index in [0.29, 0.717) is 0 Å². The van der Waals surface area contributed by atoms with E-state index in [1.165, 1.54) is 38.5 Å². The zero-order valence-electron chi connectivity index (χ0n) is 7.40. The van der Waals surface area contributed by atoms with Gasteiger partial charge in [0.2, 0.25) is 0 Å². The second-order valence-electron chi connectivity index (χ2n) is 3.74. The summed E-state index contributed by atoms with van der Waals surface area (Å²) in [5.41, 5.74) is 0. The molecule has 1 saturated carbocycles. The minimum atomic E-state index is 1.05. The van der Waals surface area contributed by atoms with Crippen LogP contribution in [0.15, 0.2) is 0 Å². The standard InChI is InChI=1S/C10H20/c1-3-5-9(4-2)8-10-6-7-10/h9-10H,3-8H2,1-2H3. The maximum absolute atomic E-state index is 2.34. The smallest absolute Gasteiger partial charge is 0.0411 e. The van der Waals surface area contributed by atoms with Gasteiger partial charge in [-0.3, -0.25) is 0 Å². The molecule has 10 heavy (non-hydrogen) atoms. The van der Waals surface area contributed by atoms with Gasteiger partial charge in [-0.25, -0.2) is 0 Å². The van der Waals surface area contributed by atoms with Crippen molar-refractivity contribution in [3.63, 3.8) is 0 Å². The highest BCUT2D eigenvalue weighted by Gasteiger charge is 2.23. The number of hydrogen-bond donors (Lipinski definition) is 0. The third-order valence-electron chi connectivity index (χ3n) is 2.64. The lowest BCUT2D eigenvalue weighted by Crippen LogP contribution is -1.98. The molecule has 1 aliphatic rings. The lowest BCUT2D eigenvalue weighted by atomic mass is 9.95. The number of rotatable bonds is 5. The minimum Gasteiger partial charge on any atom is -0.0654 e. The fourth-order valence-corrected chi connectivity index (χ4v) is 1.72. The molecule has 0 heterocycles. The van der Waals surface area contributed by atoms with Crippen molar-refractivity contribution in [2.75, 3.05) is 0 Å². The van der Waals surface area contributed by atoms with E-state index in [9.17, 15) is 0 Å². The first-order valence-electron chi connectivity index (χ1n) is 4.86. The summed E-state index contributed by atoms with van der Waals surface area (Å²) in [5, 5.41) is 0. The second kappa shape index (κ2) is 4.00. The molecule has 0 aliphatic heterocycles. The maximum Gasteiger partial charge on any atom is -0.0411 e. The summed E-state index contributed by atoms with van der Waals surface area (Å²) in [4.78, 5) is 0. The normalized spacial score (nSPS) is 21.0. The van der Waals surface area contributed by atoms with Gasteiger partial charge < -0.3 is 0 Å². The first-order chi connectivity index (χ1) is 4.86. The second-order valence-corrected chi connectivity index (χ2v) is 3.74. The first kappa shape index (κ1) is 8.10. The van der Waals surface area contributed by atoms with Crippen molar-refractivity contribution in [3.8, 4) is 0 Å². The molecule has 0 radical (unpaired) electrons. The highest BCUT2D eigenvalue weighted by atomic mass is 14.3. The van der Waals surface area contributed by atoms with E-state index >= 15 is 0 Å². The zero-order chi connectivity index (χ0) is 7.40. The summed E-state index contributed by atoms with van der Waals surface area (Å²) >= 11 is 0. The molecule has 60 valence electrons. The van der Waals surface area contributed by atoms with E-state index in [-0.39, 0.29) is 0 Å². The monoisotopic (exact) mass is 140 g/mol. The molecule has 1 atom stereocenters. The van der Waals surface area contributed by atoms with Gasteiger partial charge in [-0.05, 0) is 18.3 Å². The van der Waals surface area contributed by atoms with Gasteiger partial charge in [-0.1, -0.05) is 46.0 Å². The van der Waals surface area contributed by atoms with Gasteiger partial charge in [0.05, 0.1) is 0 Å². The van der Waals surface area contributed by atoms with E-state index in [2.05, 4.69) is 13.8 Å². The summed E-state index contributed by atoms with van der Waals surface area (Å²) < 4.78 is 0. The van der Waals surface area contributed by atoms with Gasteiger partial charge in [0, 0.05) is 0 Å². The minimum absolute atomic E-state index is 1.05. The van der Waals surface area contributed by atoms with Crippen molar-refractivity contribution < 1.29 is 0 Å². The molecule has 0 spiro atoms. The molecule has 0 aromatic rings. The molecule has 1 fully saturated rings. The van der Waals surface area contributed by atoms with E-state index in [4.69, 9.17) is 0 Å². The molecule has 1 unspecified atom stereocenters. The van der Waals surface area contributed by atoms with Gasteiger partial charge in [0.15, 0.2) is 0 Å². The molecule has 0 aromatic heterocycles. The van der Waals surface area contributed by atoms with Crippen LogP contribution in [0.4, 0.5) is 0 Å². The van der Waals surface area contributed by atoms with Crippen LogP contribution in [0.5, 0.6) is 0 Å². The number of hydrogen-bond acceptors (Lipinski definition) is 0. The van der Waals surface area contributed by atoms with Crippen molar-refractivity contribution in [2.45, 2.75) is 52.4 Å². The summed E-state index contributed by atoms with van der Waals surface area (Å²) in [7, 11) is 0. The first-order valence-corrected chi connectivity index (χ1v) is 4.86. The lowest BCUT2D eigenvalue weighted by molar-refractivity contribution is 0.409. The molecule has 1 rings (SSSR count). The Morgan fingerprint density at radius 1 is 1.30 bits per heavy atom. The Balaban J connectivity index is 2.05. The summed E-state index contributed by atoms with van der Waals surface area (Å²) in [6.45, 7) is 4.64. The van der Waals surface area contributed by atoms with Gasteiger partial charge in [0.1, 0.15) is 0 Å². The van der Waals surface area contributed by atoms with Crippen LogP contribution in [0, 0.1) is 11.8 Å². The van der Waals surface area contributed by atoms with Crippen LogP contribution in [0.1, 0.15) is 52.4 Å². The maximum atomic E-state index is 2.34. The average molecular weight is 140 g/mol. The van der Waals surface area contributed by atoms with Crippen LogP contribution >= 0.6 is 0 Å². The molecular weight excluding hydrogens is 120 g/mol. The summed E-state index contributed by atoms with van der Waals surface area (Å²) in [5.74, 6) is 2.19. The van der Waals surface area contributed by atoms with Crippen LogP contribution in [0.2, 0.25) is 0 Å². The van der Waals surface area contributed by atoms with E-state index in [0.717, 1.165) is 11.8 Å². The average Bonchev–Trinajstić information content (AvgIpc) is 2.71. The summed E-state index contributed by atoms with van der Waals surface area (Å²) in [6, 6.07) is 0. The molecule has 1 aliphatic carbocycles. The highest BCUT2D eigenvalue weighted by molar-refractivity contribution is 4.76. The van der Waals surface area contributed by atoms with E-state index < -0.39 is 0 Å². The molecule has 0 saturated heterocycles. The van der Waals surface area contributed by atoms with Gasteiger partial charge >= 0.3 is 0 Å². The summed E-state index contributed by atoms with van der Waals surface area (Å²) in [6.07, 6.45) is 8.84. The molecular formula is C10H20. The Hall–Kier alpha value is 0. The topological polar surface area (TPSA) is 0 Å². The fraction of sp³-hybridized carbons (Fsp3) is 1.00. The molecule has 0 aromatic carbocycles. The van der Waals surface area contributed by atoms with Crippen LogP contribution in [0.3, 0.4) is 0 Å². The predicted octanol–water partition coefficient (Wildman–Crippen LogP) is 3.61. The molecule has 0 nitrogen and oxygen atoms in total. The molecule has 0 heteroatoms. The van der Waals surface area contributed by atoms with Crippen molar-refractivity contribution in [1.29, 1.82) is 0 Å². The third-order valence-corrected chi connectivity index (χ3v) is 2.64. The van der Waals surface area contributed by atoms with Crippen LogP contribution in [0.25, 0.3) is 0 Å². The largest absolute Gasteiger partial charge is 0.0654 e. The highest BCUT2D eigenvalue weighted by Crippen LogP contribution is 2.37. The van der Waals surface area contributed by atoms with Crippen LogP contribution in [-0.2, 0) is 0 Å². The Morgan fingerprint density at radius 2 is 2.00 bits per heavy atom. The Labute approximate surface area is 65.0 Å². The van der Waals surface area contributed by atoms with E-state index in [1.807, 2.05) is 0 Å². The predicted molar refractivity (Wildman–Crippen MR) is 46.0 cm³/mol. The lowest BCUT2D eigenvalue weighted by Gasteiger charge is -2.11. The van der Waals surface area contributed by atoms with Gasteiger partial charge in [-0.2, -0.15) is 0 Å². The van der Waals surface area contributed by atoms with E-state index in [1.54, 1.807) is 0 Å². The molecule has 0 bridgehead atoms. The van der Waals surface area contributed by atoms with Crippen molar-refractivity contribution in [3.05, 3.63) is 0 Å². The van der Waals surface area contributed by atoms with Gasteiger partial charge in [-0.15, -0.1) is 0 Å². The van der Waals surface area contributed by atoms with Gasteiger partial charge in [0.25, 0.3) is 0 Å². The Kier molecular flexibility index (Phi) is 3.24. The van der Waals surface area contributed by atoms with Crippen molar-refractivity contribution in [2.24, 2.45) is 11.8 Å². The van der Waals surface area contributed by atoms with Crippen molar-refractivity contribution >= 4 is 0 Å². The fourth-order valence-electron chi connectivity index (χ4n) is 1.72. The van der Waals surface area contributed by atoms with Crippen LogP contribution in [-0.4, -0.2) is 0 Å². The SMILES string of the molecule is CCCC(CC)CC1CC1. The zero-order valence-corrected chi connectivity index (χ0v) is 7.40. The third kappa shape index (κ3) is 2.72.